The quantitative estimate of drug-likeness (QED) is 0.643. The molecule has 1 aliphatic heterocycles. The summed E-state index contributed by atoms with van der Waals surface area (Å²) in [6.45, 7) is 1.11. The first kappa shape index (κ1) is 20.8. The average molecular weight is 415 g/mol. The molecule has 0 radical (unpaired) electrons. The number of methoxy groups -OCH3 is 1. The molecule has 0 aliphatic carbocycles. The third kappa shape index (κ3) is 4.34. The van der Waals surface area contributed by atoms with Gasteiger partial charge in [0.15, 0.2) is 0 Å². The molecular weight excluding hydrogens is 390 g/mol. The minimum atomic E-state index is -0.545. The van der Waals surface area contributed by atoms with E-state index in [0.29, 0.717) is 25.3 Å². The van der Waals surface area contributed by atoms with Gasteiger partial charge in [0.1, 0.15) is 0 Å². The molecule has 1 aliphatic rings. The van der Waals surface area contributed by atoms with Crippen molar-refractivity contribution >= 4 is 11.8 Å². The van der Waals surface area contributed by atoms with Crippen LogP contribution in [-0.2, 0) is 16.1 Å². The number of benzene rings is 2. The monoisotopic (exact) mass is 415 g/mol. The van der Waals surface area contributed by atoms with Crippen LogP contribution in [-0.4, -0.2) is 42.0 Å². The van der Waals surface area contributed by atoms with Crippen molar-refractivity contribution in [2.75, 3.05) is 20.3 Å². The van der Waals surface area contributed by atoms with E-state index in [9.17, 15) is 9.59 Å². The molecule has 1 aromatic heterocycles. The second-order valence-corrected chi connectivity index (χ2v) is 7.45. The maximum atomic E-state index is 13.5. The topological polar surface area (TPSA) is 71.5 Å². The Kier molecular flexibility index (Phi) is 6.38. The van der Waals surface area contributed by atoms with Crippen molar-refractivity contribution in [3.8, 4) is 0 Å². The van der Waals surface area contributed by atoms with Crippen molar-refractivity contribution in [1.82, 2.24) is 15.2 Å². The van der Waals surface area contributed by atoms with Crippen LogP contribution in [0.15, 0.2) is 79.0 Å². The third-order valence-electron chi connectivity index (χ3n) is 5.57. The van der Waals surface area contributed by atoms with Gasteiger partial charge in [-0.15, -0.1) is 0 Å². The summed E-state index contributed by atoms with van der Waals surface area (Å²) >= 11 is 0. The Labute approximate surface area is 181 Å². The average Bonchev–Trinajstić information content (AvgIpc) is 2.83. The van der Waals surface area contributed by atoms with Gasteiger partial charge in [-0.2, -0.15) is 0 Å². The van der Waals surface area contributed by atoms with Gasteiger partial charge in [-0.25, -0.2) is 0 Å². The molecule has 2 amide bonds. The summed E-state index contributed by atoms with van der Waals surface area (Å²) in [4.78, 5) is 33.0. The van der Waals surface area contributed by atoms with Crippen molar-refractivity contribution in [3.63, 3.8) is 0 Å². The molecule has 6 nitrogen and oxygen atoms in total. The van der Waals surface area contributed by atoms with Crippen LogP contribution in [0.3, 0.4) is 0 Å². The lowest BCUT2D eigenvalue weighted by molar-refractivity contribution is -0.124. The molecule has 3 aromatic rings. The minimum absolute atomic E-state index is 0.0877. The summed E-state index contributed by atoms with van der Waals surface area (Å²) in [7, 11) is 1.61. The van der Waals surface area contributed by atoms with Crippen LogP contribution in [0.5, 0.6) is 0 Å². The summed E-state index contributed by atoms with van der Waals surface area (Å²) in [5.41, 5.74) is 3.00. The lowest BCUT2D eigenvalue weighted by atomic mass is 9.79. The number of nitrogens with zero attached hydrogens (tertiary/aromatic N) is 2. The number of hydrogen-bond acceptors (Lipinski definition) is 4. The molecule has 2 atom stereocenters. The predicted molar refractivity (Wildman–Crippen MR) is 117 cm³/mol. The fourth-order valence-electron chi connectivity index (χ4n) is 4.12. The number of fused-ring (bicyclic) bond motifs is 1. The van der Waals surface area contributed by atoms with E-state index >= 15 is 0 Å². The van der Waals surface area contributed by atoms with Crippen LogP contribution in [0.2, 0.25) is 0 Å². The van der Waals surface area contributed by atoms with E-state index in [4.69, 9.17) is 4.74 Å². The van der Waals surface area contributed by atoms with Crippen LogP contribution >= 0.6 is 0 Å². The van der Waals surface area contributed by atoms with E-state index in [0.717, 1.165) is 16.8 Å². The van der Waals surface area contributed by atoms with Crippen LogP contribution in [0.25, 0.3) is 0 Å². The highest BCUT2D eigenvalue weighted by Crippen LogP contribution is 2.42. The Hall–Kier alpha value is -3.51. The van der Waals surface area contributed by atoms with Gasteiger partial charge < -0.3 is 15.0 Å². The summed E-state index contributed by atoms with van der Waals surface area (Å²) in [5.74, 6) is -0.769. The lowest BCUT2D eigenvalue weighted by Gasteiger charge is -2.41. The number of carbonyl (C=O) groups is 2. The molecule has 4 rings (SSSR count). The Bertz CT molecular complexity index is 1040. The van der Waals surface area contributed by atoms with Gasteiger partial charge in [0.05, 0.1) is 30.8 Å². The maximum absolute atomic E-state index is 13.5. The smallest absolute Gasteiger partial charge is 0.254 e. The summed E-state index contributed by atoms with van der Waals surface area (Å²) in [6, 6.07) is 22.3. The van der Waals surface area contributed by atoms with Crippen molar-refractivity contribution < 1.29 is 14.3 Å². The zero-order chi connectivity index (χ0) is 21.6. The number of pyridine rings is 1. The number of nitrogens with one attached hydrogen (secondary N) is 1. The highest BCUT2D eigenvalue weighted by atomic mass is 16.5. The van der Waals surface area contributed by atoms with Crippen LogP contribution < -0.4 is 5.32 Å². The Morgan fingerprint density at radius 2 is 1.77 bits per heavy atom. The zero-order valence-electron chi connectivity index (χ0n) is 17.4. The third-order valence-corrected chi connectivity index (χ3v) is 5.57. The second-order valence-electron chi connectivity index (χ2n) is 7.45. The van der Waals surface area contributed by atoms with E-state index in [1.165, 1.54) is 0 Å². The molecule has 0 saturated carbocycles. The van der Waals surface area contributed by atoms with Gasteiger partial charge in [0, 0.05) is 25.4 Å². The first-order valence-corrected chi connectivity index (χ1v) is 10.3. The molecule has 2 heterocycles. The maximum Gasteiger partial charge on any atom is 0.254 e. The van der Waals surface area contributed by atoms with Crippen molar-refractivity contribution in [2.24, 2.45) is 0 Å². The Morgan fingerprint density at radius 1 is 1.03 bits per heavy atom. The molecule has 0 saturated heterocycles. The predicted octanol–water partition coefficient (Wildman–Crippen LogP) is 3.33. The molecule has 31 heavy (non-hydrogen) atoms. The van der Waals surface area contributed by atoms with Gasteiger partial charge in [0.25, 0.3) is 5.91 Å². The van der Waals surface area contributed by atoms with Crippen LogP contribution in [0.4, 0.5) is 0 Å². The van der Waals surface area contributed by atoms with Crippen molar-refractivity contribution in [3.05, 3.63) is 101 Å². The van der Waals surface area contributed by atoms with E-state index in [2.05, 4.69) is 10.3 Å². The molecule has 158 valence electrons. The second kappa shape index (κ2) is 9.53. The SMILES string of the molecule is COCCN1C(=O)c2ccccc2[C@H](C(=O)NCc2ccccn2)[C@@H]1c1ccccc1. The molecule has 0 unspecified atom stereocenters. The normalized spacial score (nSPS) is 17.8. The first-order chi connectivity index (χ1) is 15.2. The molecule has 0 fully saturated rings. The van der Waals surface area contributed by atoms with E-state index in [1.807, 2.05) is 66.7 Å². The highest BCUT2D eigenvalue weighted by Gasteiger charge is 2.43. The number of hydrogen-bond donors (Lipinski definition) is 1. The number of rotatable bonds is 7. The molecule has 0 bridgehead atoms. The first-order valence-electron chi connectivity index (χ1n) is 10.3. The number of ether oxygens (including phenoxy) is 1. The summed E-state index contributed by atoms with van der Waals surface area (Å²) < 4.78 is 5.26. The summed E-state index contributed by atoms with van der Waals surface area (Å²) in [6.07, 6.45) is 1.70. The molecule has 0 spiro atoms. The summed E-state index contributed by atoms with van der Waals surface area (Å²) in [5, 5.41) is 3.03. The van der Waals surface area contributed by atoms with Crippen molar-refractivity contribution in [1.29, 1.82) is 0 Å². The standard InChI is InChI=1S/C25H25N3O3/c1-31-16-15-28-23(18-9-3-2-4-10-18)22(20-12-5-6-13-21(20)25(28)30)24(29)27-17-19-11-7-8-14-26-19/h2-14,22-23H,15-17H2,1H3,(H,27,29)/t22-,23-/m0/s1. The van der Waals surface area contributed by atoms with Crippen LogP contribution in [0.1, 0.15) is 39.1 Å². The largest absolute Gasteiger partial charge is 0.383 e. The number of carbonyl (C=O) groups excluding carboxylic acids is 2. The van der Waals surface area contributed by atoms with Gasteiger partial charge in [-0.05, 0) is 29.3 Å². The molecular formula is C25H25N3O3. The number of aromatic nitrogens is 1. The van der Waals surface area contributed by atoms with E-state index in [1.54, 1.807) is 24.3 Å². The minimum Gasteiger partial charge on any atom is -0.383 e. The Morgan fingerprint density at radius 3 is 2.52 bits per heavy atom. The van der Waals surface area contributed by atoms with Crippen LogP contribution in [0, 0.1) is 0 Å². The lowest BCUT2D eigenvalue weighted by Crippen LogP contribution is -2.48. The fraction of sp³-hybridized carbons (Fsp3) is 0.240. The molecule has 6 heteroatoms. The van der Waals surface area contributed by atoms with Crippen molar-refractivity contribution in [2.45, 2.75) is 18.5 Å². The van der Waals surface area contributed by atoms with E-state index in [-0.39, 0.29) is 11.8 Å². The van der Waals surface area contributed by atoms with Gasteiger partial charge >= 0.3 is 0 Å². The number of amides is 2. The molecule has 2 aromatic carbocycles. The molecule has 1 N–H and O–H groups in total. The highest BCUT2D eigenvalue weighted by molar-refractivity contribution is 6.01. The van der Waals surface area contributed by atoms with E-state index < -0.39 is 12.0 Å². The Balaban J connectivity index is 1.74. The van der Waals surface area contributed by atoms with Gasteiger partial charge in [-0.1, -0.05) is 54.6 Å². The zero-order valence-corrected chi connectivity index (χ0v) is 17.4. The van der Waals surface area contributed by atoms with Gasteiger partial charge in [-0.3, -0.25) is 14.6 Å². The fourth-order valence-corrected chi connectivity index (χ4v) is 4.12. The van der Waals surface area contributed by atoms with Gasteiger partial charge in [0.2, 0.25) is 5.91 Å².